The Morgan fingerprint density at radius 1 is 1.17 bits per heavy atom. The van der Waals surface area contributed by atoms with Gasteiger partial charge in [-0.25, -0.2) is 0 Å². The molecular formula is C14H16O4. The zero-order chi connectivity index (χ0) is 12.6. The van der Waals surface area contributed by atoms with Crippen molar-refractivity contribution in [2.24, 2.45) is 0 Å². The molecule has 4 heteroatoms. The van der Waals surface area contributed by atoms with Crippen molar-refractivity contribution >= 4 is 5.78 Å². The van der Waals surface area contributed by atoms with Gasteiger partial charge < -0.3 is 14.2 Å². The van der Waals surface area contributed by atoms with Crippen molar-refractivity contribution in [1.82, 2.24) is 0 Å². The van der Waals surface area contributed by atoms with Crippen LogP contribution in [-0.2, 0) is 15.1 Å². The molecule has 18 heavy (non-hydrogen) atoms. The lowest BCUT2D eigenvalue weighted by molar-refractivity contribution is -0.127. The van der Waals surface area contributed by atoms with Crippen molar-refractivity contribution < 1.29 is 19.0 Å². The molecule has 0 unspecified atom stereocenters. The van der Waals surface area contributed by atoms with Gasteiger partial charge in [0.2, 0.25) is 6.79 Å². The largest absolute Gasteiger partial charge is 0.454 e. The van der Waals surface area contributed by atoms with Crippen LogP contribution in [0.4, 0.5) is 0 Å². The first-order valence-corrected chi connectivity index (χ1v) is 6.20. The first-order valence-electron chi connectivity index (χ1n) is 6.20. The van der Waals surface area contributed by atoms with Crippen LogP contribution in [0.15, 0.2) is 18.2 Å². The van der Waals surface area contributed by atoms with Crippen LogP contribution in [0.2, 0.25) is 0 Å². The highest BCUT2D eigenvalue weighted by Crippen LogP contribution is 2.43. The van der Waals surface area contributed by atoms with E-state index in [9.17, 15) is 4.79 Å². The molecule has 0 bridgehead atoms. The number of carbonyl (C=O) groups is 1. The number of hydrogen-bond acceptors (Lipinski definition) is 4. The normalized spacial score (nSPS) is 21.1. The molecule has 1 aliphatic carbocycles. The van der Waals surface area contributed by atoms with Gasteiger partial charge in [0.15, 0.2) is 11.5 Å². The minimum atomic E-state index is -0.352. The Morgan fingerprint density at radius 2 is 1.89 bits per heavy atom. The zero-order valence-electron chi connectivity index (χ0n) is 10.4. The van der Waals surface area contributed by atoms with Crippen molar-refractivity contribution in [3.63, 3.8) is 0 Å². The summed E-state index contributed by atoms with van der Waals surface area (Å²) < 4.78 is 16.4. The fourth-order valence-corrected chi connectivity index (χ4v) is 2.72. The Labute approximate surface area is 106 Å². The van der Waals surface area contributed by atoms with Gasteiger partial charge >= 0.3 is 0 Å². The SMILES string of the molecule is COC1(c2ccc3c(c2)OCO3)CCC(=O)CC1. The number of fused-ring (bicyclic) bond motifs is 1. The highest BCUT2D eigenvalue weighted by atomic mass is 16.7. The molecule has 1 heterocycles. The predicted molar refractivity (Wildman–Crippen MR) is 64.7 cm³/mol. The molecule has 1 aliphatic heterocycles. The van der Waals surface area contributed by atoms with Gasteiger partial charge in [-0.2, -0.15) is 0 Å². The molecule has 4 nitrogen and oxygen atoms in total. The summed E-state index contributed by atoms with van der Waals surface area (Å²) >= 11 is 0. The first kappa shape index (κ1) is 11.5. The molecule has 0 saturated heterocycles. The highest BCUT2D eigenvalue weighted by molar-refractivity contribution is 5.79. The quantitative estimate of drug-likeness (QED) is 0.806. The van der Waals surface area contributed by atoms with Crippen molar-refractivity contribution in [2.45, 2.75) is 31.3 Å². The van der Waals surface area contributed by atoms with E-state index in [1.54, 1.807) is 7.11 Å². The molecule has 0 radical (unpaired) electrons. The van der Waals surface area contributed by atoms with Crippen molar-refractivity contribution in [3.05, 3.63) is 23.8 Å². The lowest BCUT2D eigenvalue weighted by Crippen LogP contribution is -2.33. The lowest BCUT2D eigenvalue weighted by atomic mass is 9.79. The minimum absolute atomic E-state index is 0.275. The molecule has 1 aromatic carbocycles. The van der Waals surface area contributed by atoms with Gasteiger partial charge in [0, 0.05) is 20.0 Å². The topological polar surface area (TPSA) is 44.8 Å². The van der Waals surface area contributed by atoms with Crippen molar-refractivity contribution in [2.75, 3.05) is 13.9 Å². The third-order valence-electron chi connectivity index (χ3n) is 3.90. The van der Waals surface area contributed by atoms with E-state index in [-0.39, 0.29) is 12.4 Å². The third-order valence-corrected chi connectivity index (χ3v) is 3.90. The third kappa shape index (κ3) is 1.77. The van der Waals surface area contributed by atoms with Crippen LogP contribution in [0.25, 0.3) is 0 Å². The molecular weight excluding hydrogens is 232 g/mol. The van der Waals surface area contributed by atoms with E-state index in [1.807, 2.05) is 18.2 Å². The van der Waals surface area contributed by atoms with E-state index in [0.29, 0.717) is 18.6 Å². The molecule has 0 amide bonds. The Bertz CT molecular complexity index is 471. The number of carbonyl (C=O) groups excluding carboxylic acids is 1. The zero-order valence-corrected chi connectivity index (χ0v) is 10.4. The summed E-state index contributed by atoms with van der Waals surface area (Å²) in [7, 11) is 1.71. The summed E-state index contributed by atoms with van der Waals surface area (Å²) in [6, 6.07) is 5.89. The molecule has 1 aromatic rings. The van der Waals surface area contributed by atoms with Gasteiger partial charge in [0.1, 0.15) is 5.78 Å². The Morgan fingerprint density at radius 3 is 2.61 bits per heavy atom. The maximum atomic E-state index is 11.4. The number of ketones is 1. The van der Waals surface area contributed by atoms with E-state index >= 15 is 0 Å². The molecule has 0 spiro atoms. The molecule has 0 aromatic heterocycles. The van der Waals surface area contributed by atoms with Crippen LogP contribution >= 0.6 is 0 Å². The molecule has 96 valence electrons. The summed E-state index contributed by atoms with van der Waals surface area (Å²) in [6.07, 6.45) is 2.65. The summed E-state index contributed by atoms with van der Waals surface area (Å²) in [6.45, 7) is 0.275. The average Bonchev–Trinajstić information content (AvgIpc) is 2.87. The van der Waals surface area contributed by atoms with Crippen LogP contribution in [-0.4, -0.2) is 19.7 Å². The number of methoxy groups -OCH3 is 1. The second-order valence-corrected chi connectivity index (χ2v) is 4.81. The van der Waals surface area contributed by atoms with Crippen molar-refractivity contribution in [1.29, 1.82) is 0 Å². The highest BCUT2D eigenvalue weighted by Gasteiger charge is 2.37. The smallest absolute Gasteiger partial charge is 0.231 e. The summed E-state index contributed by atoms with van der Waals surface area (Å²) in [4.78, 5) is 11.4. The minimum Gasteiger partial charge on any atom is -0.454 e. The summed E-state index contributed by atoms with van der Waals surface area (Å²) in [5.74, 6) is 1.86. The van der Waals surface area contributed by atoms with Crippen LogP contribution < -0.4 is 9.47 Å². The van der Waals surface area contributed by atoms with Gasteiger partial charge in [-0.05, 0) is 30.5 Å². The fourth-order valence-electron chi connectivity index (χ4n) is 2.72. The maximum Gasteiger partial charge on any atom is 0.231 e. The van der Waals surface area contributed by atoms with E-state index in [4.69, 9.17) is 14.2 Å². The second kappa shape index (κ2) is 4.28. The summed E-state index contributed by atoms with van der Waals surface area (Å²) in [5, 5.41) is 0. The van der Waals surface area contributed by atoms with E-state index in [0.717, 1.165) is 29.9 Å². The van der Waals surface area contributed by atoms with E-state index in [1.165, 1.54) is 0 Å². The Kier molecular flexibility index (Phi) is 2.74. The second-order valence-electron chi connectivity index (χ2n) is 4.81. The van der Waals surface area contributed by atoms with Gasteiger partial charge in [0.05, 0.1) is 5.60 Å². The van der Waals surface area contributed by atoms with Crippen LogP contribution in [0.1, 0.15) is 31.2 Å². The van der Waals surface area contributed by atoms with Crippen LogP contribution in [0.5, 0.6) is 11.5 Å². The number of rotatable bonds is 2. The number of ether oxygens (including phenoxy) is 3. The monoisotopic (exact) mass is 248 g/mol. The molecule has 0 atom stereocenters. The molecule has 0 N–H and O–H groups in total. The van der Waals surface area contributed by atoms with Crippen molar-refractivity contribution in [3.8, 4) is 11.5 Å². The van der Waals surface area contributed by atoms with Gasteiger partial charge in [-0.15, -0.1) is 0 Å². The molecule has 3 rings (SSSR count). The maximum absolute atomic E-state index is 11.4. The van der Waals surface area contributed by atoms with Gasteiger partial charge in [-0.1, -0.05) is 6.07 Å². The van der Waals surface area contributed by atoms with Gasteiger partial charge in [-0.3, -0.25) is 4.79 Å². The number of hydrogen-bond donors (Lipinski definition) is 0. The molecule has 2 aliphatic rings. The predicted octanol–water partition coefficient (Wildman–Crippen LogP) is 2.40. The Hall–Kier alpha value is -1.55. The number of benzene rings is 1. The van der Waals surface area contributed by atoms with Gasteiger partial charge in [0.25, 0.3) is 0 Å². The molecule has 1 saturated carbocycles. The first-order chi connectivity index (χ1) is 8.73. The number of Topliss-reactive ketones (excluding diaryl/α,β-unsaturated/α-hetero) is 1. The van der Waals surface area contributed by atoms with E-state index in [2.05, 4.69) is 0 Å². The fraction of sp³-hybridized carbons (Fsp3) is 0.500. The lowest BCUT2D eigenvalue weighted by Gasteiger charge is -2.36. The van der Waals surface area contributed by atoms with Crippen LogP contribution in [0.3, 0.4) is 0 Å². The Balaban J connectivity index is 1.94. The summed E-state index contributed by atoms with van der Waals surface area (Å²) in [5.41, 5.74) is 0.719. The van der Waals surface area contributed by atoms with E-state index < -0.39 is 0 Å². The standard InChI is InChI=1S/C14H16O4/c1-16-14(6-4-11(15)5-7-14)10-2-3-12-13(8-10)18-9-17-12/h2-3,8H,4-7,9H2,1H3. The molecule has 1 fully saturated rings. The van der Waals surface area contributed by atoms with Crippen LogP contribution in [0, 0.1) is 0 Å². The average molecular weight is 248 g/mol.